The molecule has 0 unspecified atom stereocenters. The van der Waals surface area contributed by atoms with Crippen LogP contribution in [0.1, 0.15) is 19.8 Å². The lowest BCUT2D eigenvalue weighted by Gasteiger charge is -2.31. The van der Waals surface area contributed by atoms with E-state index < -0.39 is 0 Å². The van der Waals surface area contributed by atoms with E-state index in [9.17, 15) is 0 Å². The zero-order valence-electron chi connectivity index (χ0n) is 10.0. The summed E-state index contributed by atoms with van der Waals surface area (Å²) in [4.78, 5) is 2.32. The van der Waals surface area contributed by atoms with Gasteiger partial charge in [0.1, 0.15) is 0 Å². The van der Waals surface area contributed by atoms with E-state index in [4.69, 9.17) is 4.74 Å². The minimum atomic E-state index is 0.356. The van der Waals surface area contributed by atoms with Crippen LogP contribution < -0.4 is 5.32 Å². The molecule has 1 heterocycles. The molecule has 0 saturated carbocycles. The zero-order valence-corrected chi connectivity index (χ0v) is 10.0. The van der Waals surface area contributed by atoms with Gasteiger partial charge in [-0.25, -0.2) is 0 Å². The molecule has 0 aromatic carbocycles. The summed E-state index contributed by atoms with van der Waals surface area (Å²) in [5.74, 6) is 0. The Morgan fingerprint density at radius 3 is 3.13 bits per heavy atom. The van der Waals surface area contributed by atoms with Gasteiger partial charge >= 0.3 is 0 Å². The summed E-state index contributed by atoms with van der Waals surface area (Å²) in [6.45, 7) is 9.88. The summed E-state index contributed by atoms with van der Waals surface area (Å²) >= 11 is 0. The van der Waals surface area contributed by atoms with Crippen molar-refractivity contribution in [2.24, 2.45) is 0 Å². The van der Waals surface area contributed by atoms with Crippen LogP contribution in [0.15, 0.2) is 12.7 Å². The minimum Gasteiger partial charge on any atom is -0.374 e. The summed E-state index contributed by atoms with van der Waals surface area (Å²) < 4.78 is 5.68. The second-order valence-electron chi connectivity index (χ2n) is 4.43. The number of hydrogen-bond acceptors (Lipinski definition) is 3. The molecule has 0 aromatic rings. The largest absolute Gasteiger partial charge is 0.374 e. The minimum absolute atomic E-state index is 0.356. The first-order valence-corrected chi connectivity index (χ1v) is 5.86. The van der Waals surface area contributed by atoms with Crippen molar-refractivity contribution in [2.75, 3.05) is 33.3 Å². The Kier molecular flexibility index (Phi) is 5.91. The van der Waals surface area contributed by atoms with Gasteiger partial charge in [-0.3, -0.25) is 0 Å². The number of morpholine rings is 1. The molecule has 0 aliphatic carbocycles. The van der Waals surface area contributed by atoms with Gasteiger partial charge in [-0.05, 0) is 26.8 Å². The summed E-state index contributed by atoms with van der Waals surface area (Å²) in [7, 11) is 2.15. The van der Waals surface area contributed by atoms with Crippen LogP contribution in [0.5, 0.6) is 0 Å². The van der Waals surface area contributed by atoms with Crippen LogP contribution in [0.25, 0.3) is 0 Å². The third kappa shape index (κ3) is 5.30. The Balaban J connectivity index is 2.10. The van der Waals surface area contributed by atoms with Crippen LogP contribution in [-0.4, -0.2) is 50.3 Å². The number of hydrogen-bond donors (Lipinski definition) is 1. The Morgan fingerprint density at radius 1 is 1.67 bits per heavy atom. The maximum Gasteiger partial charge on any atom is 0.0826 e. The molecule has 0 spiro atoms. The molecule has 1 N–H and O–H groups in total. The predicted octanol–water partition coefficient (Wildman–Crippen LogP) is 1.26. The Bertz CT molecular complexity index is 184. The van der Waals surface area contributed by atoms with E-state index in [-0.39, 0.29) is 0 Å². The smallest absolute Gasteiger partial charge is 0.0826 e. The lowest BCUT2D eigenvalue weighted by Crippen LogP contribution is -2.46. The first-order chi connectivity index (χ1) is 7.22. The van der Waals surface area contributed by atoms with E-state index in [0.717, 1.165) is 39.1 Å². The van der Waals surface area contributed by atoms with Gasteiger partial charge in [0.15, 0.2) is 0 Å². The van der Waals surface area contributed by atoms with Gasteiger partial charge in [-0.2, -0.15) is 0 Å². The number of nitrogens with zero attached hydrogens (tertiary/aromatic N) is 1. The molecule has 0 aromatic heterocycles. The average Bonchev–Trinajstić information content (AvgIpc) is 2.23. The van der Waals surface area contributed by atoms with Crippen molar-refractivity contribution in [2.45, 2.75) is 31.9 Å². The molecule has 1 fully saturated rings. The molecule has 0 bridgehead atoms. The van der Waals surface area contributed by atoms with Gasteiger partial charge in [-0.15, -0.1) is 6.58 Å². The van der Waals surface area contributed by atoms with E-state index in [1.54, 1.807) is 0 Å². The fourth-order valence-electron chi connectivity index (χ4n) is 1.79. The average molecular weight is 212 g/mol. The molecule has 15 heavy (non-hydrogen) atoms. The van der Waals surface area contributed by atoms with Gasteiger partial charge in [-0.1, -0.05) is 6.08 Å². The standard InChI is InChI=1S/C12H24N2O/c1-4-5-6-11(2)13-9-12-10-14(3)7-8-15-12/h4,11-13H,1,5-10H2,2-3H3/t11-,12-/m1/s1. The molecule has 0 radical (unpaired) electrons. The topological polar surface area (TPSA) is 24.5 Å². The van der Waals surface area contributed by atoms with Crippen molar-refractivity contribution < 1.29 is 4.74 Å². The maximum absolute atomic E-state index is 5.68. The van der Waals surface area contributed by atoms with Gasteiger partial charge < -0.3 is 15.0 Å². The molecule has 2 atom stereocenters. The maximum atomic E-state index is 5.68. The van der Waals surface area contributed by atoms with Crippen molar-refractivity contribution in [1.82, 2.24) is 10.2 Å². The van der Waals surface area contributed by atoms with Gasteiger partial charge in [0.2, 0.25) is 0 Å². The molecule has 88 valence electrons. The van der Waals surface area contributed by atoms with E-state index in [2.05, 4.69) is 30.8 Å². The quantitative estimate of drug-likeness (QED) is 0.671. The van der Waals surface area contributed by atoms with Crippen molar-refractivity contribution in [3.8, 4) is 0 Å². The van der Waals surface area contributed by atoms with Gasteiger partial charge in [0.05, 0.1) is 12.7 Å². The van der Waals surface area contributed by atoms with E-state index >= 15 is 0 Å². The second kappa shape index (κ2) is 6.99. The van der Waals surface area contributed by atoms with Crippen molar-refractivity contribution in [3.63, 3.8) is 0 Å². The Labute approximate surface area is 93.5 Å². The Hall–Kier alpha value is -0.380. The lowest BCUT2D eigenvalue weighted by molar-refractivity contribution is -0.0191. The molecule has 1 aliphatic rings. The zero-order chi connectivity index (χ0) is 11.1. The van der Waals surface area contributed by atoms with Crippen molar-refractivity contribution in [3.05, 3.63) is 12.7 Å². The summed E-state index contributed by atoms with van der Waals surface area (Å²) in [6.07, 6.45) is 4.57. The fourth-order valence-corrected chi connectivity index (χ4v) is 1.79. The number of ether oxygens (including phenoxy) is 1. The number of rotatable bonds is 6. The van der Waals surface area contributed by atoms with Crippen LogP contribution in [-0.2, 0) is 4.74 Å². The fraction of sp³-hybridized carbons (Fsp3) is 0.833. The molecule has 1 aliphatic heterocycles. The van der Waals surface area contributed by atoms with E-state index in [0.29, 0.717) is 12.1 Å². The van der Waals surface area contributed by atoms with Gasteiger partial charge in [0.25, 0.3) is 0 Å². The highest BCUT2D eigenvalue weighted by molar-refractivity contribution is 4.75. The van der Waals surface area contributed by atoms with Crippen LogP contribution in [0.4, 0.5) is 0 Å². The van der Waals surface area contributed by atoms with Crippen molar-refractivity contribution >= 4 is 0 Å². The predicted molar refractivity (Wildman–Crippen MR) is 64.1 cm³/mol. The number of allylic oxidation sites excluding steroid dienone is 1. The van der Waals surface area contributed by atoms with Crippen LogP contribution in [0, 0.1) is 0 Å². The molecule has 1 rings (SSSR count). The highest BCUT2D eigenvalue weighted by atomic mass is 16.5. The summed E-state index contributed by atoms with van der Waals surface area (Å²) in [5.41, 5.74) is 0. The third-order valence-corrected chi connectivity index (χ3v) is 2.84. The van der Waals surface area contributed by atoms with Crippen LogP contribution in [0.2, 0.25) is 0 Å². The monoisotopic (exact) mass is 212 g/mol. The summed E-state index contributed by atoms with van der Waals surface area (Å²) in [6, 6.07) is 0.554. The summed E-state index contributed by atoms with van der Waals surface area (Å²) in [5, 5.41) is 3.51. The lowest BCUT2D eigenvalue weighted by atomic mass is 10.1. The molecule has 0 amide bonds. The number of nitrogens with one attached hydrogen (secondary N) is 1. The molecule has 3 heteroatoms. The molecular formula is C12H24N2O. The Morgan fingerprint density at radius 2 is 2.47 bits per heavy atom. The first-order valence-electron chi connectivity index (χ1n) is 5.86. The van der Waals surface area contributed by atoms with E-state index in [1.807, 2.05) is 6.08 Å². The second-order valence-corrected chi connectivity index (χ2v) is 4.43. The van der Waals surface area contributed by atoms with Crippen LogP contribution >= 0.6 is 0 Å². The normalized spacial score (nSPS) is 25.1. The third-order valence-electron chi connectivity index (χ3n) is 2.84. The SMILES string of the molecule is C=CCC[C@@H](C)NC[C@@H]1CN(C)CCO1. The molecule has 3 nitrogen and oxygen atoms in total. The van der Waals surface area contributed by atoms with Crippen molar-refractivity contribution in [1.29, 1.82) is 0 Å². The molecule has 1 saturated heterocycles. The van der Waals surface area contributed by atoms with Crippen LogP contribution in [0.3, 0.4) is 0 Å². The van der Waals surface area contributed by atoms with Gasteiger partial charge in [0, 0.05) is 25.7 Å². The first kappa shape index (κ1) is 12.7. The highest BCUT2D eigenvalue weighted by Gasteiger charge is 2.17. The van der Waals surface area contributed by atoms with E-state index in [1.165, 1.54) is 0 Å². The number of likely N-dealkylation sites (N-methyl/N-ethyl adjacent to an activating group) is 1. The highest BCUT2D eigenvalue weighted by Crippen LogP contribution is 2.03. The molecular weight excluding hydrogens is 188 g/mol.